The number of nitrogens with one attached hydrogen (secondary N) is 1. The molecule has 1 aliphatic carbocycles. The molecule has 2 heterocycles. The van der Waals surface area contributed by atoms with Gasteiger partial charge in [0.1, 0.15) is 5.76 Å². The summed E-state index contributed by atoms with van der Waals surface area (Å²) in [5.74, 6) is 1.76. The lowest BCUT2D eigenvalue weighted by molar-refractivity contribution is 0.499. The fraction of sp³-hybridized carbons (Fsp3) is 0.467. The summed E-state index contributed by atoms with van der Waals surface area (Å²) in [6.45, 7) is 3.58. The van der Waals surface area contributed by atoms with Gasteiger partial charge in [-0.3, -0.25) is 0 Å². The van der Waals surface area contributed by atoms with Crippen LogP contribution in [0.2, 0.25) is 0 Å². The van der Waals surface area contributed by atoms with Crippen molar-refractivity contribution in [1.82, 2.24) is 15.3 Å². The molecule has 1 fully saturated rings. The maximum Gasteiger partial charge on any atom is 0.226 e. The van der Waals surface area contributed by atoms with Crippen molar-refractivity contribution in [3.8, 4) is 0 Å². The van der Waals surface area contributed by atoms with Gasteiger partial charge in [-0.15, -0.1) is 0 Å². The third-order valence-corrected chi connectivity index (χ3v) is 3.59. The number of aryl methyl sites for hydroxylation is 1. The average molecular weight is 272 g/mol. The predicted molar refractivity (Wildman–Crippen MR) is 77.4 cm³/mol. The Morgan fingerprint density at radius 1 is 1.45 bits per heavy atom. The van der Waals surface area contributed by atoms with Crippen molar-refractivity contribution >= 4 is 5.95 Å². The maximum atomic E-state index is 5.45. The van der Waals surface area contributed by atoms with Gasteiger partial charge in [0, 0.05) is 30.0 Å². The molecule has 3 rings (SSSR count). The number of hydrogen-bond acceptors (Lipinski definition) is 5. The Balaban J connectivity index is 1.82. The summed E-state index contributed by atoms with van der Waals surface area (Å²) in [7, 11) is 1.93. The van der Waals surface area contributed by atoms with E-state index >= 15 is 0 Å². The quantitative estimate of drug-likeness (QED) is 0.874. The first-order valence-corrected chi connectivity index (χ1v) is 7.04. The molecule has 0 saturated heterocycles. The summed E-state index contributed by atoms with van der Waals surface area (Å²) >= 11 is 0. The first-order chi connectivity index (χ1) is 9.78. The van der Waals surface area contributed by atoms with Crippen LogP contribution in [0.5, 0.6) is 0 Å². The Morgan fingerprint density at radius 3 is 2.90 bits per heavy atom. The molecule has 5 nitrogen and oxygen atoms in total. The van der Waals surface area contributed by atoms with Crippen molar-refractivity contribution in [1.29, 1.82) is 0 Å². The van der Waals surface area contributed by atoms with E-state index in [1.165, 1.54) is 12.8 Å². The standard InChI is InChI=1S/C15H20N4O/c1-11-12(8-16-2)9-17-15(18-11)19(13-5-6-13)10-14-4-3-7-20-14/h3-4,7,9,13,16H,5-6,8,10H2,1-2H3. The smallest absolute Gasteiger partial charge is 0.226 e. The van der Waals surface area contributed by atoms with E-state index in [2.05, 4.69) is 20.2 Å². The van der Waals surface area contributed by atoms with Gasteiger partial charge in [-0.05, 0) is 38.9 Å². The summed E-state index contributed by atoms with van der Waals surface area (Å²) in [6, 6.07) is 4.47. The Labute approximate surface area is 119 Å². The summed E-state index contributed by atoms with van der Waals surface area (Å²) in [5, 5.41) is 3.14. The average Bonchev–Trinajstić information content (AvgIpc) is 3.15. The summed E-state index contributed by atoms with van der Waals surface area (Å²) < 4.78 is 5.45. The van der Waals surface area contributed by atoms with Crippen LogP contribution in [0.25, 0.3) is 0 Å². The van der Waals surface area contributed by atoms with E-state index in [-0.39, 0.29) is 0 Å². The van der Waals surface area contributed by atoms with E-state index in [1.54, 1.807) is 6.26 Å². The normalized spacial score (nSPS) is 14.5. The molecule has 0 spiro atoms. The minimum Gasteiger partial charge on any atom is -0.467 e. The van der Waals surface area contributed by atoms with Gasteiger partial charge in [0.05, 0.1) is 12.8 Å². The highest BCUT2D eigenvalue weighted by atomic mass is 16.3. The van der Waals surface area contributed by atoms with Crippen LogP contribution in [0.4, 0.5) is 5.95 Å². The Kier molecular flexibility index (Phi) is 3.69. The molecule has 0 radical (unpaired) electrons. The van der Waals surface area contributed by atoms with Crippen molar-refractivity contribution in [3.63, 3.8) is 0 Å². The van der Waals surface area contributed by atoms with Crippen LogP contribution in [0.1, 0.15) is 29.9 Å². The van der Waals surface area contributed by atoms with Crippen molar-refractivity contribution in [3.05, 3.63) is 41.6 Å². The molecule has 1 saturated carbocycles. The highest BCUT2D eigenvalue weighted by Crippen LogP contribution is 2.31. The molecule has 2 aromatic rings. The Morgan fingerprint density at radius 2 is 2.30 bits per heavy atom. The molecule has 2 aromatic heterocycles. The summed E-state index contributed by atoms with van der Waals surface area (Å²) in [5.41, 5.74) is 2.18. The second-order valence-electron chi connectivity index (χ2n) is 5.25. The highest BCUT2D eigenvalue weighted by Gasteiger charge is 2.31. The van der Waals surface area contributed by atoms with Crippen LogP contribution in [-0.2, 0) is 13.1 Å². The van der Waals surface area contributed by atoms with Gasteiger partial charge >= 0.3 is 0 Å². The molecule has 20 heavy (non-hydrogen) atoms. The van der Waals surface area contributed by atoms with Gasteiger partial charge in [-0.2, -0.15) is 0 Å². The minimum absolute atomic E-state index is 0.551. The summed E-state index contributed by atoms with van der Waals surface area (Å²) in [6.07, 6.45) is 6.05. The van der Waals surface area contributed by atoms with Crippen LogP contribution in [0, 0.1) is 6.92 Å². The number of hydrogen-bond donors (Lipinski definition) is 1. The predicted octanol–water partition coefficient (Wildman–Crippen LogP) is 2.27. The van der Waals surface area contributed by atoms with Crippen LogP contribution >= 0.6 is 0 Å². The van der Waals surface area contributed by atoms with E-state index in [0.717, 1.165) is 36.1 Å². The fourth-order valence-corrected chi connectivity index (χ4v) is 2.30. The molecule has 0 unspecified atom stereocenters. The number of rotatable bonds is 6. The molecule has 5 heteroatoms. The van der Waals surface area contributed by atoms with E-state index in [9.17, 15) is 0 Å². The third-order valence-electron chi connectivity index (χ3n) is 3.59. The molecule has 0 bridgehead atoms. The van der Waals surface area contributed by atoms with Gasteiger partial charge in [-0.1, -0.05) is 0 Å². The molecule has 1 aliphatic rings. The van der Waals surface area contributed by atoms with Gasteiger partial charge in [0.2, 0.25) is 5.95 Å². The molecule has 1 N–H and O–H groups in total. The zero-order valence-corrected chi connectivity index (χ0v) is 12.0. The zero-order chi connectivity index (χ0) is 13.9. The van der Waals surface area contributed by atoms with Crippen molar-refractivity contribution in [2.75, 3.05) is 11.9 Å². The van der Waals surface area contributed by atoms with Gasteiger partial charge in [-0.25, -0.2) is 9.97 Å². The van der Waals surface area contributed by atoms with E-state index in [1.807, 2.05) is 32.3 Å². The maximum absolute atomic E-state index is 5.45. The van der Waals surface area contributed by atoms with Crippen LogP contribution in [0.15, 0.2) is 29.0 Å². The second kappa shape index (κ2) is 5.63. The molecule has 106 valence electrons. The summed E-state index contributed by atoms with van der Waals surface area (Å²) in [4.78, 5) is 11.4. The topological polar surface area (TPSA) is 54.2 Å². The fourth-order valence-electron chi connectivity index (χ4n) is 2.30. The van der Waals surface area contributed by atoms with Crippen LogP contribution in [-0.4, -0.2) is 23.1 Å². The van der Waals surface area contributed by atoms with Crippen molar-refractivity contribution in [2.24, 2.45) is 0 Å². The van der Waals surface area contributed by atoms with Crippen LogP contribution in [0.3, 0.4) is 0 Å². The lowest BCUT2D eigenvalue weighted by Crippen LogP contribution is -2.27. The van der Waals surface area contributed by atoms with Crippen molar-refractivity contribution in [2.45, 2.75) is 38.9 Å². The largest absolute Gasteiger partial charge is 0.467 e. The minimum atomic E-state index is 0.551. The lowest BCUT2D eigenvalue weighted by Gasteiger charge is -2.21. The van der Waals surface area contributed by atoms with Crippen molar-refractivity contribution < 1.29 is 4.42 Å². The van der Waals surface area contributed by atoms with Gasteiger partial charge in [0.25, 0.3) is 0 Å². The number of aromatic nitrogens is 2. The van der Waals surface area contributed by atoms with Gasteiger partial charge in [0.15, 0.2) is 0 Å². The van der Waals surface area contributed by atoms with E-state index < -0.39 is 0 Å². The highest BCUT2D eigenvalue weighted by molar-refractivity contribution is 5.37. The first-order valence-electron chi connectivity index (χ1n) is 7.04. The molecule has 0 amide bonds. The number of anilines is 1. The molecule has 0 aromatic carbocycles. The Hall–Kier alpha value is -1.88. The zero-order valence-electron chi connectivity index (χ0n) is 12.0. The van der Waals surface area contributed by atoms with E-state index in [0.29, 0.717) is 6.04 Å². The molecule has 0 atom stereocenters. The lowest BCUT2D eigenvalue weighted by atomic mass is 10.2. The first kappa shape index (κ1) is 13.1. The van der Waals surface area contributed by atoms with Gasteiger partial charge < -0.3 is 14.6 Å². The molecule has 0 aliphatic heterocycles. The Bertz CT molecular complexity index is 563. The monoisotopic (exact) mass is 272 g/mol. The third kappa shape index (κ3) is 2.82. The van der Waals surface area contributed by atoms with Crippen LogP contribution < -0.4 is 10.2 Å². The number of nitrogens with zero attached hydrogens (tertiary/aromatic N) is 3. The molecular weight excluding hydrogens is 252 g/mol. The number of furan rings is 1. The SMILES string of the molecule is CNCc1cnc(N(Cc2ccco2)C2CC2)nc1C. The molecular formula is C15H20N4O. The van der Waals surface area contributed by atoms with E-state index in [4.69, 9.17) is 4.42 Å². The second-order valence-corrected chi connectivity index (χ2v) is 5.25.